The Morgan fingerprint density at radius 2 is 1.90 bits per heavy atom. The molecule has 0 saturated carbocycles. The first-order valence-electron chi connectivity index (χ1n) is 6.00. The molecular weight excluding hydrogens is 322 g/mol. The van der Waals surface area contributed by atoms with E-state index in [4.69, 9.17) is 15.3 Å². The van der Waals surface area contributed by atoms with E-state index in [9.17, 15) is 4.79 Å². The highest BCUT2D eigenvalue weighted by Crippen LogP contribution is 2.24. The van der Waals surface area contributed by atoms with Crippen molar-refractivity contribution in [2.24, 2.45) is 0 Å². The normalized spacial score (nSPS) is 9.40. The number of hydrogen-bond acceptors (Lipinski definition) is 4. The first-order chi connectivity index (χ1) is 9.63. The van der Waals surface area contributed by atoms with Gasteiger partial charge in [-0.1, -0.05) is 0 Å². The van der Waals surface area contributed by atoms with Gasteiger partial charge in [0, 0.05) is 17.6 Å². The van der Waals surface area contributed by atoms with E-state index in [-0.39, 0.29) is 18.7 Å². The molecule has 0 aliphatic rings. The molecule has 1 rings (SSSR count). The van der Waals surface area contributed by atoms with E-state index in [0.717, 1.165) is 0 Å². The Bertz CT molecular complexity index is 543. The van der Waals surface area contributed by atoms with E-state index in [1.807, 2.05) is 12.1 Å². The van der Waals surface area contributed by atoms with Crippen molar-refractivity contribution in [3.63, 3.8) is 0 Å². The van der Waals surface area contributed by atoms with Crippen LogP contribution in [0.2, 0.25) is 0 Å². The maximum absolute atomic E-state index is 12.5. The molecule has 0 aromatic heterocycles. The number of carbonyl (C=O) groups excluding carboxylic acids is 1. The van der Waals surface area contributed by atoms with Crippen LogP contribution in [0.25, 0.3) is 0 Å². The van der Waals surface area contributed by atoms with Gasteiger partial charge in [-0.25, -0.2) is 0 Å². The van der Waals surface area contributed by atoms with E-state index in [1.165, 1.54) is 12.0 Å². The van der Waals surface area contributed by atoms with Crippen molar-refractivity contribution in [2.45, 2.75) is 12.8 Å². The fraction of sp³-hybridized carbons (Fsp3) is 0.357. The lowest BCUT2D eigenvalue weighted by molar-refractivity contribution is 0.0761. The van der Waals surface area contributed by atoms with Crippen LogP contribution in [0.15, 0.2) is 22.7 Å². The third-order valence-corrected chi connectivity index (χ3v) is 3.37. The van der Waals surface area contributed by atoms with E-state index in [0.29, 0.717) is 28.9 Å². The largest absolute Gasteiger partial charge is 0.497 e. The number of amides is 1. The number of rotatable bonds is 6. The van der Waals surface area contributed by atoms with Crippen molar-refractivity contribution in [1.29, 1.82) is 10.5 Å². The highest BCUT2D eigenvalue weighted by molar-refractivity contribution is 9.10. The van der Waals surface area contributed by atoms with Crippen LogP contribution < -0.4 is 4.74 Å². The molecule has 0 heterocycles. The third-order valence-electron chi connectivity index (χ3n) is 2.68. The number of nitrogens with zero attached hydrogens (tertiary/aromatic N) is 3. The highest BCUT2D eigenvalue weighted by Gasteiger charge is 2.18. The van der Waals surface area contributed by atoms with Crippen molar-refractivity contribution >= 4 is 21.8 Å². The van der Waals surface area contributed by atoms with Gasteiger partial charge in [-0.3, -0.25) is 4.79 Å². The molecule has 0 aliphatic heterocycles. The quantitative estimate of drug-likeness (QED) is 0.800. The number of nitriles is 2. The number of hydrogen-bond donors (Lipinski definition) is 0. The molecule has 20 heavy (non-hydrogen) atoms. The summed E-state index contributed by atoms with van der Waals surface area (Å²) in [5.74, 6) is 0.360. The van der Waals surface area contributed by atoms with Gasteiger partial charge < -0.3 is 9.64 Å². The maximum atomic E-state index is 12.5. The van der Waals surface area contributed by atoms with Crippen LogP contribution >= 0.6 is 15.9 Å². The summed E-state index contributed by atoms with van der Waals surface area (Å²) in [7, 11) is 1.53. The van der Waals surface area contributed by atoms with Crippen LogP contribution in [-0.2, 0) is 0 Å². The second-order valence-electron chi connectivity index (χ2n) is 3.95. The zero-order valence-electron chi connectivity index (χ0n) is 11.1. The average molecular weight is 336 g/mol. The van der Waals surface area contributed by atoms with E-state index >= 15 is 0 Å². The predicted octanol–water partition coefficient (Wildman–Crippen LogP) is 2.73. The van der Waals surface area contributed by atoms with Gasteiger partial charge in [0.1, 0.15) is 5.75 Å². The summed E-state index contributed by atoms with van der Waals surface area (Å²) >= 11 is 3.33. The Morgan fingerprint density at radius 3 is 2.40 bits per heavy atom. The monoisotopic (exact) mass is 335 g/mol. The molecule has 0 saturated heterocycles. The van der Waals surface area contributed by atoms with Gasteiger partial charge in [-0.2, -0.15) is 10.5 Å². The first-order valence-corrected chi connectivity index (χ1v) is 6.80. The summed E-state index contributed by atoms with van der Waals surface area (Å²) < 4.78 is 5.76. The van der Waals surface area contributed by atoms with E-state index in [1.54, 1.807) is 18.2 Å². The molecule has 0 radical (unpaired) electrons. The fourth-order valence-electron chi connectivity index (χ4n) is 1.65. The highest BCUT2D eigenvalue weighted by atomic mass is 79.9. The predicted molar refractivity (Wildman–Crippen MR) is 77.1 cm³/mol. The Morgan fingerprint density at radius 1 is 1.30 bits per heavy atom. The number of ether oxygens (including phenoxy) is 1. The lowest BCUT2D eigenvalue weighted by Crippen LogP contribution is -2.33. The van der Waals surface area contributed by atoms with Gasteiger partial charge in [0.15, 0.2) is 0 Å². The molecule has 0 unspecified atom stereocenters. The molecule has 1 amide bonds. The van der Waals surface area contributed by atoms with Gasteiger partial charge in [0.05, 0.1) is 37.7 Å². The molecule has 0 fully saturated rings. The molecular formula is C14H14BrN3O2. The summed E-state index contributed by atoms with van der Waals surface area (Å²) in [5, 5.41) is 17.3. The van der Waals surface area contributed by atoms with Crippen LogP contribution in [-0.4, -0.2) is 31.0 Å². The minimum atomic E-state index is -0.221. The lowest BCUT2D eigenvalue weighted by Gasteiger charge is -2.21. The van der Waals surface area contributed by atoms with Crippen molar-refractivity contribution in [2.75, 3.05) is 20.2 Å². The zero-order chi connectivity index (χ0) is 15.0. The number of halogens is 1. The second kappa shape index (κ2) is 8.19. The Kier molecular flexibility index (Phi) is 6.55. The molecule has 1 aromatic rings. The van der Waals surface area contributed by atoms with Gasteiger partial charge >= 0.3 is 0 Å². The topological polar surface area (TPSA) is 77.1 Å². The van der Waals surface area contributed by atoms with Crippen molar-refractivity contribution in [3.05, 3.63) is 28.2 Å². The molecule has 5 nitrogen and oxygen atoms in total. The zero-order valence-corrected chi connectivity index (χ0v) is 12.7. The van der Waals surface area contributed by atoms with Crippen LogP contribution in [0.1, 0.15) is 23.2 Å². The van der Waals surface area contributed by atoms with Crippen molar-refractivity contribution in [1.82, 2.24) is 4.90 Å². The minimum Gasteiger partial charge on any atom is -0.497 e. The Balaban J connectivity index is 2.98. The van der Waals surface area contributed by atoms with Crippen LogP contribution in [0.3, 0.4) is 0 Å². The second-order valence-corrected chi connectivity index (χ2v) is 4.81. The number of benzene rings is 1. The molecule has 1 aromatic carbocycles. The van der Waals surface area contributed by atoms with Gasteiger partial charge in [0.2, 0.25) is 0 Å². The number of carbonyl (C=O) groups is 1. The van der Waals surface area contributed by atoms with Crippen molar-refractivity contribution < 1.29 is 9.53 Å². The SMILES string of the molecule is COc1ccc(Br)c(C(=O)N(CCC#N)CCC#N)c1. The molecule has 0 N–H and O–H groups in total. The standard InChI is InChI=1S/C14H14BrN3O2/c1-20-11-4-5-13(15)12(10-11)14(19)18(8-2-6-16)9-3-7-17/h4-5,10H,2-3,8-9H2,1H3. The first kappa shape index (κ1) is 16.0. The summed E-state index contributed by atoms with van der Waals surface area (Å²) in [6.45, 7) is 0.612. The average Bonchev–Trinajstić information content (AvgIpc) is 2.47. The molecule has 0 atom stereocenters. The smallest absolute Gasteiger partial charge is 0.255 e. The van der Waals surface area contributed by atoms with Crippen LogP contribution in [0.4, 0.5) is 0 Å². The maximum Gasteiger partial charge on any atom is 0.255 e. The minimum absolute atomic E-state index is 0.221. The fourth-order valence-corrected chi connectivity index (χ4v) is 2.07. The van der Waals surface area contributed by atoms with Gasteiger partial charge in [-0.05, 0) is 34.1 Å². The van der Waals surface area contributed by atoms with Crippen LogP contribution in [0, 0.1) is 22.7 Å². The lowest BCUT2D eigenvalue weighted by atomic mass is 10.1. The Hall–Kier alpha value is -2.05. The number of methoxy groups -OCH3 is 1. The van der Waals surface area contributed by atoms with Crippen LogP contribution in [0.5, 0.6) is 5.75 Å². The Labute approximate surface area is 126 Å². The van der Waals surface area contributed by atoms with Crippen molar-refractivity contribution in [3.8, 4) is 17.9 Å². The third kappa shape index (κ3) is 4.25. The molecule has 0 bridgehead atoms. The van der Waals surface area contributed by atoms with Gasteiger partial charge in [0.25, 0.3) is 5.91 Å². The van der Waals surface area contributed by atoms with E-state index in [2.05, 4.69) is 15.9 Å². The molecule has 0 aliphatic carbocycles. The summed E-state index contributed by atoms with van der Waals surface area (Å²) in [4.78, 5) is 14.0. The molecule has 0 spiro atoms. The molecule has 6 heteroatoms. The van der Waals surface area contributed by atoms with Gasteiger partial charge in [-0.15, -0.1) is 0 Å². The summed E-state index contributed by atoms with van der Waals surface area (Å²) in [5.41, 5.74) is 0.459. The summed E-state index contributed by atoms with van der Waals surface area (Å²) in [6.07, 6.45) is 0.470. The van der Waals surface area contributed by atoms with E-state index < -0.39 is 0 Å². The molecule has 104 valence electrons. The summed E-state index contributed by atoms with van der Waals surface area (Å²) in [6, 6.07) is 9.13.